The van der Waals surface area contributed by atoms with Gasteiger partial charge in [-0.15, -0.1) is 0 Å². The van der Waals surface area contributed by atoms with Crippen LogP contribution in [0.15, 0.2) is 24.4 Å². The lowest BCUT2D eigenvalue weighted by Crippen LogP contribution is -2.21. The van der Waals surface area contributed by atoms with Gasteiger partial charge in [0.15, 0.2) is 0 Å². The lowest BCUT2D eigenvalue weighted by atomic mass is 9.83. The first kappa shape index (κ1) is 18.9. The molecular weight excluding hydrogens is 356 g/mol. The lowest BCUT2D eigenvalue weighted by Gasteiger charge is -2.25. The number of ether oxygens (including phenoxy) is 1. The van der Waals surface area contributed by atoms with E-state index in [0.717, 1.165) is 18.5 Å². The van der Waals surface area contributed by atoms with Gasteiger partial charge in [0.1, 0.15) is 11.1 Å². The molecule has 1 heterocycles. The molecule has 0 aliphatic heterocycles. The van der Waals surface area contributed by atoms with Crippen LogP contribution < -0.4 is 4.74 Å². The molecule has 0 radical (unpaired) electrons. The Bertz CT molecular complexity index is 800. The van der Waals surface area contributed by atoms with Crippen LogP contribution in [0, 0.1) is 0 Å². The molecule has 0 bridgehead atoms. The first-order valence-corrected chi connectivity index (χ1v) is 10.7. The molecule has 2 aromatic rings. The molecule has 4 heteroatoms. The van der Waals surface area contributed by atoms with Gasteiger partial charge in [-0.25, -0.2) is 0 Å². The Kier molecular flexibility index (Phi) is 4.78. The summed E-state index contributed by atoms with van der Waals surface area (Å²) in [6.45, 7) is 9.15. The fraction of sp³-hybridized carbons (Fsp3) is 0.609. The molecule has 146 valence electrons. The first-order valence-electron chi connectivity index (χ1n) is 10.3. The topological polar surface area (TPSA) is 27.1 Å². The highest BCUT2D eigenvalue weighted by Gasteiger charge is 2.40. The summed E-state index contributed by atoms with van der Waals surface area (Å²) in [4.78, 5) is 0. The zero-order valence-corrected chi connectivity index (χ0v) is 17.8. The molecule has 2 aliphatic rings. The molecule has 0 saturated heterocycles. The van der Waals surface area contributed by atoms with Crippen molar-refractivity contribution in [3.63, 3.8) is 0 Å². The van der Waals surface area contributed by atoms with Gasteiger partial charge in [0, 0.05) is 0 Å². The van der Waals surface area contributed by atoms with E-state index in [-0.39, 0.29) is 11.5 Å². The van der Waals surface area contributed by atoms with Crippen molar-refractivity contribution in [3.05, 3.63) is 40.5 Å². The van der Waals surface area contributed by atoms with Gasteiger partial charge < -0.3 is 4.74 Å². The highest BCUT2D eigenvalue weighted by Crippen LogP contribution is 2.49. The summed E-state index contributed by atoms with van der Waals surface area (Å²) in [7, 11) is 0. The van der Waals surface area contributed by atoms with Crippen LogP contribution in [0.25, 0.3) is 5.69 Å². The van der Waals surface area contributed by atoms with Crippen LogP contribution >= 0.6 is 11.6 Å². The van der Waals surface area contributed by atoms with Crippen LogP contribution in [0.1, 0.15) is 83.8 Å². The Labute approximate surface area is 168 Å². The Morgan fingerprint density at radius 1 is 1.11 bits per heavy atom. The second-order valence-electron chi connectivity index (χ2n) is 9.67. The van der Waals surface area contributed by atoms with Crippen molar-refractivity contribution in [2.75, 3.05) is 0 Å². The summed E-state index contributed by atoms with van der Waals surface area (Å²) in [5.41, 5.74) is 4.18. The van der Waals surface area contributed by atoms with Crippen LogP contribution in [0.2, 0.25) is 5.02 Å². The van der Waals surface area contributed by atoms with E-state index in [4.69, 9.17) is 16.3 Å². The minimum Gasteiger partial charge on any atom is -0.473 e. The van der Waals surface area contributed by atoms with E-state index < -0.39 is 0 Å². The van der Waals surface area contributed by atoms with Crippen LogP contribution in [0.3, 0.4) is 0 Å². The van der Waals surface area contributed by atoms with E-state index in [9.17, 15) is 0 Å². The monoisotopic (exact) mass is 386 g/mol. The Morgan fingerprint density at radius 2 is 1.81 bits per heavy atom. The Balaban J connectivity index is 1.74. The van der Waals surface area contributed by atoms with E-state index in [2.05, 4.69) is 51.0 Å². The zero-order chi connectivity index (χ0) is 19.2. The molecule has 0 spiro atoms. The number of halogens is 1. The molecule has 3 nitrogen and oxygen atoms in total. The number of hydrogen-bond acceptors (Lipinski definition) is 2. The standard InChI is InChI=1S/C23H31ClN2O/c1-22(2,3)16-12-17(23(4)10-11-23)14-18(13-16)26-21(20(24)15-25-26)27-19-8-6-5-7-9-19/h12-15,19H,5-11H2,1-4H3. The molecular formula is C23H31ClN2O. The van der Waals surface area contributed by atoms with Crippen molar-refractivity contribution in [1.29, 1.82) is 0 Å². The molecule has 2 saturated carbocycles. The number of aromatic nitrogens is 2. The fourth-order valence-electron chi connectivity index (χ4n) is 3.94. The third kappa shape index (κ3) is 3.89. The molecule has 4 rings (SSSR count). The van der Waals surface area contributed by atoms with E-state index in [1.807, 2.05) is 4.68 Å². The predicted molar refractivity (Wildman–Crippen MR) is 111 cm³/mol. The maximum atomic E-state index is 6.48. The number of rotatable bonds is 4. The van der Waals surface area contributed by atoms with Crippen LogP contribution in [0.5, 0.6) is 5.88 Å². The van der Waals surface area contributed by atoms with Gasteiger partial charge in [0.2, 0.25) is 5.88 Å². The smallest absolute Gasteiger partial charge is 0.236 e. The summed E-state index contributed by atoms with van der Waals surface area (Å²) in [5.74, 6) is 0.696. The molecule has 2 fully saturated rings. The molecule has 2 aliphatic carbocycles. The van der Waals surface area contributed by atoms with Crippen molar-refractivity contribution in [1.82, 2.24) is 9.78 Å². The SMILES string of the molecule is CC(C)(C)c1cc(-n2ncc(Cl)c2OC2CCCCC2)cc(C2(C)CC2)c1. The predicted octanol–water partition coefficient (Wildman–Crippen LogP) is 6.59. The summed E-state index contributed by atoms with van der Waals surface area (Å²) < 4.78 is 8.25. The molecule has 1 aromatic heterocycles. The second kappa shape index (κ2) is 6.84. The normalized spacial score (nSPS) is 19.9. The van der Waals surface area contributed by atoms with Crippen molar-refractivity contribution < 1.29 is 4.74 Å². The largest absolute Gasteiger partial charge is 0.473 e. The molecule has 0 atom stereocenters. The van der Waals surface area contributed by atoms with Gasteiger partial charge in [0.25, 0.3) is 0 Å². The molecule has 1 aromatic carbocycles. The van der Waals surface area contributed by atoms with Crippen molar-refractivity contribution in [2.24, 2.45) is 0 Å². The highest BCUT2D eigenvalue weighted by molar-refractivity contribution is 6.31. The minimum absolute atomic E-state index is 0.0807. The summed E-state index contributed by atoms with van der Waals surface area (Å²) in [6.07, 6.45) is 10.5. The Hall–Kier alpha value is -1.48. The zero-order valence-electron chi connectivity index (χ0n) is 17.0. The number of hydrogen-bond donors (Lipinski definition) is 0. The van der Waals surface area contributed by atoms with E-state index >= 15 is 0 Å². The van der Waals surface area contributed by atoms with Crippen molar-refractivity contribution >= 4 is 11.6 Å². The van der Waals surface area contributed by atoms with E-state index in [0.29, 0.717) is 16.3 Å². The maximum Gasteiger partial charge on any atom is 0.236 e. The van der Waals surface area contributed by atoms with Gasteiger partial charge >= 0.3 is 0 Å². The van der Waals surface area contributed by atoms with E-state index in [1.165, 1.54) is 43.2 Å². The van der Waals surface area contributed by atoms with Gasteiger partial charge in [-0.05, 0) is 72.6 Å². The average Bonchev–Trinajstić information content (AvgIpc) is 3.29. The number of nitrogens with zero attached hydrogens (tertiary/aromatic N) is 2. The average molecular weight is 387 g/mol. The summed E-state index contributed by atoms with van der Waals surface area (Å²) >= 11 is 6.48. The minimum atomic E-state index is 0.0807. The van der Waals surface area contributed by atoms with Gasteiger partial charge in [0.05, 0.1) is 11.9 Å². The maximum absolute atomic E-state index is 6.48. The first-order chi connectivity index (χ1) is 12.8. The van der Waals surface area contributed by atoms with Gasteiger partial charge in [-0.1, -0.05) is 51.8 Å². The third-order valence-electron chi connectivity index (χ3n) is 6.24. The fourth-order valence-corrected chi connectivity index (χ4v) is 4.11. The van der Waals surface area contributed by atoms with Crippen molar-refractivity contribution in [3.8, 4) is 11.6 Å². The molecule has 27 heavy (non-hydrogen) atoms. The number of benzene rings is 1. The van der Waals surface area contributed by atoms with Gasteiger partial charge in [-0.2, -0.15) is 9.78 Å². The molecule has 0 unspecified atom stereocenters. The summed E-state index contributed by atoms with van der Waals surface area (Å²) in [6, 6.07) is 6.90. The van der Waals surface area contributed by atoms with Crippen LogP contribution in [-0.2, 0) is 10.8 Å². The van der Waals surface area contributed by atoms with Crippen LogP contribution in [0.4, 0.5) is 0 Å². The summed E-state index contributed by atoms with van der Waals surface area (Å²) in [5, 5.41) is 5.18. The van der Waals surface area contributed by atoms with E-state index in [1.54, 1.807) is 6.20 Å². The third-order valence-corrected chi connectivity index (χ3v) is 6.50. The Morgan fingerprint density at radius 3 is 2.44 bits per heavy atom. The molecule has 0 amide bonds. The van der Waals surface area contributed by atoms with Crippen molar-refractivity contribution in [2.45, 2.75) is 89.6 Å². The highest BCUT2D eigenvalue weighted by atomic mass is 35.5. The molecule has 0 N–H and O–H groups in total. The van der Waals surface area contributed by atoms with Crippen LogP contribution in [-0.4, -0.2) is 15.9 Å². The quantitative estimate of drug-likeness (QED) is 0.592. The second-order valence-corrected chi connectivity index (χ2v) is 10.1. The van der Waals surface area contributed by atoms with Gasteiger partial charge in [-0.3, -0.25) is 0 Å². The lowest BCUT2D eigenvalue weighted by molar-refractivity contribution is 0.145.